The van der Waals surface area contributed by atoms with Gasteiger partial charge in [0.15, 0.2) is 0 Å². The van der Waals surface area contributed by atoms with E-state index in [-0.39, 0.29) is 0 Å². The highest BCUT2D eigenvalue weighted by Crippen LogP contribution is 2.34. The van der Waals surface area contributed by atoms with Gasteiger partial charge in [0.05, 0.1) is 6.61 Å². The molecule has 0 bridgehead atoms. The molecule has 1 fully saturated rings. The van der Waals surface area contributed by atoms with E-state index >= 15 is 0 Å². The molecule has 1 aromatic rings. The normalized spacial score (nSPS) is 16.8. The minimum Gasteiger partial charge on any atom is -0.494 e. The molecule has 0 heterocycles. The third-order valence-corrected chi connectivity index (χ3v) is 3.51. The van der Waals surface area contributed by atoms with Gasteiger partial charge in [-0.2, -0.15) is 0 Å². The summed E-state index contributed by atoms with van der Waals surface area (Å²) >= 11 is 0. The third kappa shape index (κ3) is 4.78. The van der Waals surface area contributed by atoms with Crippen LogP contribution in [0.5, 0.6) is 5.75 Å². The molecule has 0 spiro atoms. The van der Waals surface area contributed by atoms with Crippen LogP contribution in [0.4, 0.5) is 0 Å². The molecule has 1 unspecified atom stereocenters. The van der Waals surface area contributed by atoms with E-state index in [4.69, 9.17) is 4.74 Å². The van der Waals surface area contributed by atoms with E-state index in [0.29, 0.717) is 6.04 Å². The molecule has 1 aliphatic rings. The van der Waals surface area contributed by atoms with Crippen molar-refractivity contribution in [3.63, 3.8) is 0 Å². The minimum atomic E-state index is 0.610. The lowest BCUT2D eigenvalue weighted by atomic mass is 10.1. The Kier molecular flexibility index (Phi) is 4.87. The van der Waals surface area contributed by atoms with Crippen LogP contribution in [0.15, 0.2) is 30.3 Å². The quantitative estimate of drug-likeness (QED) is 0.744. The third-order valence-electron chi connectivity index (χ3n) is 3.51. The molecular weight excluding hydrogens is 210 g/mol. The molecule has 1 aliphatic carbocycles. The van der Waals surface area contributed by atoms with Crippen LogP contribution < -0.4 is 10.1 Å². The van der Waals surface area contributed by atoms with Crippen molar-refractivity contribution < 1.29 is 4.74 Å². The first-order valence-electron chi connectivity index (χ1n) is 6.73. The highest BCUT2D eigenvalue weighted by atomic mass is 16.5. The van der Waals surface area contributed by atoms with Gasteiger partial charge in [-0.15, -0.1) is 0 Å². The number of hydrogen-bond donors (Lipinski definition) is 1. The van der Waals surface area contributed by atoms with Crippen LogP contribution >= 0.6 is 0 Å². The Balaban J connectivity index is 1.61. The summed E-state index contributed by atoms with van der Waals surface area (Å²) in [7, 11) is 2.06. The van der Waals surface area contributed by atoms with Crippen LogP contribution in [0.2, 0.25) is 0 Å². The smallest absolute Gasteiger partial charge is 0.119 e. The van der Waals surface area contributed by atoms with E-state index in [0.717, 1.165) is 24.7 Å². The molecule has 1 N–H and O–H groups in total. The first-order chi connectivity index (χ1) is 8.38. The molecule has 0 amide bonds. The van der Waals surface area contributed by atoms with Crippen LogP contribution in [0.25, 0.3) is 0 Å². The fraction of sp³-hybridized carbons (Fsp3) is 0.600. The SMILES string of the molecule is CNC(CCOc1ccccc1)CCC1CC1. The van der Waals surface area contributed by atoms with Crippen LogP contribution in [0, 0.1) is 5.92 Å². The maximum Gasteiger partial charge on any atom is 0.119 e. The van der Waals surface area contributed by atoms with Crippen LogP contribution in [-0.4, -0.2) is 19.7 Å². The highest BCUT2D eigenvalue weighted by molar-refractivity contribution is 5.20. The van der Waals surface area contributed by atoms with Crippen molar-refractivity contribution in [2.24, 2.45) is 5.92 Å². The number of benzene rings is 1. The zero-order chi connectivity index (χ0) is 11.9. The lowest BCUT2D eigenvalue weighted by Crippen LogP contribution is -2.27. The molecule has 1 atom stereocenters. The summed E-state index contributed by atoms with van der Waals surface area (Å²) in [6.45, 7) is 0.806. The first kappa shape index (κ1) is 12.4. The van der Waals surface area contributed by atoms with Crippen molar-refractivity contribution in [2.75, 3.05) is 13.7 Å². The predicted octanol–water partition coefficient (Wildman–Crippen LogP) is 3.23. The van der Waals surface area contributed by atoms with E-state index in [2.05, 4.69) is 12.4 Å². The molecular formula is C15H23NO. The highest BCUT2D eigenvalue weighted by Gasteiger charge is 2.21. The average molecular weight is 233 g/mol. The van der Waals surface area contributed by atoms with Gasteiger partial charge >= 0.3 is 0 Å². The summed E-state index contributed by atoms with van der Waals surface area (Å²) < 4.78 is 5.72. The van der Waals surface area contributed by atoms with Gasteiger partial charge in [-0.05, 0) is 44.4 Å². The Hall–Kier alpha value is -1.02. The Labute approximate surface area is 104 Å². The van der Waals surface area contributed by atoms with Gasteiger partial charge in [0.2, 0.25) is 0 Å². The second-order valence-electron chi connectivity index (χ2n) is 4.96. The lowest BCUT2D eigenvalue weighted by Gasteiger charge is -2.16. The largest absolute Gasteiger partial charge is 0.494 e. The second-order valence-corrected chi connectivity index (χ2v) is 4.96. The van der Waals surface area contributed by atoms with Crippen molar-refractivity contribution in [1.29, 1.82) is 0 Å². The first-order valence-corrected chi connectivity index (χ1v) is 6.73. The second kappa shape index (κ2) is 6.65. The molecule has 2 heteroatoms. The number of hydrogen-bond acceptors (Lipinski definition) is 2. The van der Waals surface area contributed by atoms with Crippen molar-refractivity contribution in [3.8, 4) is 5.75 Å². The molecule has 0 aromatic heterocycles. The Morgan fingerprint density at radius 1 is 1.24 bits per heavy atom. The monoisotopic (exact) mass is 233 g/mol. The zero-order valence-corrected chi connectivity index (χ0v) is 10.7. The standard InChI is InChI=1S/C15H23NO/c1-16-14(10-9-13-7-8-13)11-12-17-15-5-3-2-4-6-15/h2-6,13-14,16H,7-12H2,1H3. The summed E-state index contributed by atoms with van der Waals surface area (Å²) in [4.78, 5) is 0. The van der Waals surface area contributed by atoms with E-state index in [9.17, 15) is 0 Å². The fourth-order valence-electron chi connectivity index (χ4n) is 2.11. The summed E-state index contributed by atoms with van der Waals surface area (Å²) in [6, 6.07) is 10.7. The number of rotatable bonds is 8. The topological polar surface area (TPSA) is 21.3 Å². The van der Waals surface area contributed by atoms with Crippen LogP contribution in [0.1, 0.15) is 32.1 Å². The average Bonchev–Trinajstić information content (AvgIpc) is 3.19. The summed E-state index contributed by atoms with van der Waals surface area (Å²) in [6.07, 6.45) is 6.68. The van der Waals surface area contributed by atoms with Gasteiger partial charge in [-0.1, -0.05) is 31.0 Å². The number of ether oxygens (including phenoxy) is 1. The molecule has 2 rings (SSSR count). The predicted molar refractivity (Wildman–Crippen MR) is 71.4 cm³/mol. The molecule has 2 nitrogen and oxygen atoms in total. The van der Waals surface area contributed by atoms with Gasteiger partial charge in [-0.25, -0.2) is 0 Å². The molecule has 1 saturated carbocycles. The van der Waals surface area contributed by atoms with Gasteiger partial charge in [0.1, 0.15) is 5.75 Å². The maximum absolute atomic E-state index is 5.72. The van der Waals surface area contributed by atoms with E-state index < -0.39 is 0 Å². The van der Waals surface area contributed by atoms with Crippen molar-refractivity contribution in [2.45, 2.75) is 38.1 Å². The lowest BCUT2D eigenvalue weighted by molar-refractivity contribution is 0.282. The van der Waals surface area contributed by atoms with Gasteiger partial charge < -0.3 is 10.1 Å². The number of nitrogens with one attached hydrogen (secondary N) is 1. The summed E-state index contributed by atoms with van der Waals surface area (Å²) in [5.41, 5.74) is 0. The molecule has 94 valence electrons. The maximum atomic E-state index is 5.72. The Bertz CT molecular complexity index is 308. The van der Waals surface area contributed by atoms with Gasteiger partial charge in [0, 0.05) is 6.04 Å². The fourth-order valence-corrected chi connectivity index (χ4v) is 2.11. The van der Waals surface area contributed by atoms with E-state index in [1.165, 1.54) is 25.7 Å². The zero-order valence-electron chi connectivity index (χ0n) is 10.7. The Morgan fingerprint density at radius 3 is 2.65 bits per heavy atom. The molecule has 0 saturated heterocycles. The van der Waals surface area contributed by atoms with Crippen molar-refractivity contribution >= 4 is 0 Å². The molecule has 0 aliphatic heterocycles. The van der Waals surface area contributed by atoms with Gasteiger partial charge in [0.25, 0.3) is 0 Å². The van der Waals surface area contributed by atoms with E-state index in [1.54, 1.807) is 0 Å². The van der Waals surface area contributed by atoms with Crippen molar-refractivity contribution in [3.05, 3.63) is 30.3 Å². The Morgan fingerprint density at radius 2 is 2.00 bits per heavy atom. The number of para-hydroxylation sites is 1. The van der Waals surface area contributed by atoms with Gasteiger partial charge in [-0.3, -0.25) is 0 Å². The van der Waals surface area contributed by atoms with Crippen LogP contribution in [-0.2, 0) is 0 Å². The summed E-state index contributed by atoms with van der Waals surface area (Å²) in [5, 5.41) is 3.39. The van der Waals surface area contributed by atoms with Crippen molar-refractivity contribution in [1.82, 2.24) is 5.32 Å². The van der Waals surface area contributed by atoms with E-state index in [1.807, 2.05) is 30.3 Å². The minimum absolute atomic E-state index is 0.610. The molecule has 0 radical (unpaired) electrons. The summed E-state index contributed by atoms with van der Waals surface area (Å²) in [5.74, 6) is 2.01. The molecule has 17 heavy (non-hydrogen) atoms. The van der Waals surface area contributed by atoms with Crippen LogP contribution in [0.3, 0.4) is 0 Å². The molecule has 1 aromatic carbocycles.